The van der Waals surface area contributed by atoms with Crippen LogP contribution in [0.15, 0.2) is 29.3 Å². The number of rotatable bonds is 7. The van der Waals surface area contributed by atoms with Gasteiger partial charge in [0, 0.05) is 38.8 Å². The smallest absolute Gasteiger partial charge is 0.194 e. The van der Waals surface area contributed by atoms with E-state index in [9.17, 15) is 0 Å². The van der Waals surface area contributed by atoms with Gasteiger partial charge in [-0.1, -0.05) is 12.1 Å². The predicted molar refractivity (Wildman–Crippen MR) is 103 cm³/mol. The molecule has 26 heavy (non-hydrogen) atoms. The lowest BCUT2D eigenvalue weighted by atomic mass is 9.87. The van der Waals surface area contributed by atoms with Crippen molar-refractivity contribution in [2.24, 2.45) is 10.4 Å². The second-order valence-corrected chi connectivity index (χ2v) is 7.13. The minimum Gasteiger partial charge on any atom is -0.491 e. The summed E-state index contributed by atoms with van der Waals surface area (Å²) in [6, 6.07) is 8.13. The lowest BCUT2D eigenvalue weighted by molar-refractivity contribution is 0.146. The third-order valence-corrected chi connectivity index (χ3v) is 5.12. The summed E-state index contributed by atoms with van der Waals surface area (Å²) in [5.41, 5.74) is 1.49. The third kappa shape index (κ3) is 4.89. The van der Waals surface area contributed by atoms with E-state index in [2.05, 4.69) is 29.3 Å². The number of nitrogens with zero attached hydrogens (tertiary/aromatic N) is 2. The van der Waals surface area contributed by atoms with Crippen molar-refractivity contribution in [3.05, 3.63) is 29.8 Å². The van der Waals surface area contributed by atoms with Crippen molar-refractivity contribution in [2.75, 3.05) is 53.2 Å². The number of methoxy groups -OCH3 is 1. The standard InChI is InChI=1S/C20H31N3O3/c1-3-21-19(23-9-7-20(15-23)8-10-25-16-20)22-14-17-5-4-6-18(13-17)26-12-11-24-2/h4-6,13H,3,7-12,14-16H2,1-2H3,(H,21,22). The molecule has 0 saturated carbocycles. The van der Waals surface area contributed by atoms with Crippen LogP contribution in [0, 0.1) is 5.41 Å². The highest BCUT2D eigenvalue weighted by molar-refractivity contribution is 5.80. The van der Waals surface area contributed by atoms with Gasteiger partial charge >= 0.3 is 0 Å². The average molecular weight is 361 g/mol. The van der Waals surface area contributed by atoms with Crippen molar-refractivity contribution in [3.63, 3.8) is 0 Å². The zero-order chi connectivity index (χ0) is 18.2. The Morgan fingerprint density at radius 1 is 1.35 bits per heavy atom. The van der Waals surface area contributed by atoms with Gasteiger partial charge in [0.2, 0.25) is 0 Å². The molecule has 2 heterocycles. The second-order valence-electron chi connectivity index (χ2n) is 7.13. The van der Waals surface area contributed by atoms with Crippen molar-refractivity contribution in [1.29, 1.82) is 0 Å². The largest absolute Gasteiger partial charge is 0.491 e. The van der Waals surface area contributed by atoms with E-state index in [1.807, 2.05) is 12.1 Å². The van der Waals surface area contributed by atoms with Crippen LogP contribution in [-0.4, -0.2) is 64.0 Å². The van der Waals surface area contributed by atoms with Crippen LogP contribution in [0.4, 0.5) is 0 Å². The van der Waals surface area contributed by atoms with Gasteiger partial charge in [-0.3, -0.25) is 0 Å². The van der Waals surface area contributed by atoms with Crippen molar-refractivity contribution in [1.82, 2.24) is 10.2 Å². The molecule has 0 aromatic heterocycles. The van der Waals surface area contributed by atoms with E-state index in [1.54, 1.807) is 7.11 Å². The number of guanidine groups is 1. The molecule has 1 aromatic rings. The minimum atomic E-state index is 0.339. The Labute approximate surface area is 156 Å². The van der Waals surface area contributed by atoms with Crippen LogP contribution in [0.3, 0.4) is 0 Å². The molecule has 1 atom stereocenters. The SMILES string of the molecule is CCNC(=NCc1cccc(OCCOC)c1)N1CCC2(CCOC2)C1. The van der Waals surface area contributed by atoms with Crippen molar-refractivity contribution in [2.45, 2.75) is 26.3 Å². The van der Waals surface area contributed by atoms with Gasteiger partial charge in [0.15, 0.2) is 5.96 Å². The van der Waals surface area contributed by atoms with Crippen molar-refractivity contribution < 1.29 is 14.2 Å². The summed E-state index contributed by atoms with van der Waals surface area (Å²) in [7, 11) is 1.68. The molecule has 0 amide bonds. The highest BCUT2D eigenvalue weighted by Crippen LogP contribution is 2.38. The summed E-state index contributed by atoms with van der Waals surface area (Å²) in [5, 5.41) is 3.45. The molecule has 6 nitrogen and oxygen atoms in total. The molecule has 3 rings (SSSR count). The maximum Gasteiger partial charge on any atom is 0.194 e. The number of aliphatic imine (C=N–C) groups is 1. The quantitative estimate of drug-likeness (QED) is 0.459. The summed E-state index contributed by atoms with van der Waals surface area (Å²) in [6.45, 7) is 8.67. The number of hydrogen-bond acceptors (Lipinski definition) is 4. The first kappa shape index (κ1) is 19.0. The fourth-order valence-corrected chi connectivity index (χ4v) is 3.66. The Morgan fingerprint density at radius 3 is 3.04 bits per heavy atom. The maximum atomic E-state index is 5.69. The Morgan fingerprint density at radius 2 is 2.27 bits per heavy atom. The first-order valence-electron chi connectivity index (χ1n) is 9.56. The molecule has 1 unspecified atom stereocenters. The summed E-state index contributed by atoms with van der Waals surface area (Å²) < 4.78 is 16.4. The minimum absolute atomic E-state index is 0.339. The van der Waals surface area contributed by atoms with Crippen LogP contribution in [0.1, 0.15) is 25.3 Å². The van der Waals surface area contributed by atoms with E-state index in [0.717, 1.165) is 50.1 Å². The maximum absolute atomic E-state index is 5.69. The fraction of sp³-hybridized carbons (Fsp3) is 0.650. The van der Waals surface area contributed by atoms with E-state index >= 15 is 0 Å². The van der Waals surface area contributed by atoms with Gasteiger partial charge in [0.25, 0.3) is 0 Å². The van der Waals surface area contributed by atoms with Gasteiger partial charge in [-0.2, -0.15) is 0 Å². The highest BCUT2D eigenvalue weighted by Gasteiger charge is 2.42. The van der Waals surface area contributed by atoms with Gasteiger partial charge in [-0.05, 0) is 37.5 Å². The summed E-state index contributed by atoms with van der Waals surface area (Å²) in [6.07, 6.45) is 2.37. The van der Waals surface area contributed by atoms with E-state index in [-0.39, 0.29) is 0 Å². The summed E-state index contributed by atoms with van der Waals surface area (Å²) >= 11 is 0. The van der Waals surface area contributed by atoms with E-state index in [4.69, 9.17) is 19.2 Å². The van der Waals surface area contributed by atoms with Crippen LogP contribution in [-0.2, 0) is 16.0 Å². The monoisotopic (exact) mass is 361 g/mol. The molecule has 2 aliphatic rings. The lowest BCUT2D eigenvalue weighted by Crippen LogP contribution is -2.41. The van der Waals surface area contributed by atoms with E-state index in [0.29, 0.717) is 25.2 Å². The molecule has 0 bridgehead atoms. The Hall–Kier alpha value is -1.79. The zero-order valence-electron chi connectivity index (χ0n) is 16.0. The molecule has 2 saturated heterocycles. The summed E-state index contributed by atoms with van der Waals surface area (Å²) in [4.78, 5) is 7.25. The molecular weight excluding hydrogens is 330 g/mol. The number of benzene rings is 1. The normalized spacial score (nSPS) is 23.0. The number of ether oxygens (including phenoxy) is 3. The first-order valence-corrected chi connectivity index (χ1v) is 9.56. The van der Waals surface area contributed by atoms with Crippen LogP contribution in [0.2, 0.25) is 0 Å². The van der Waals surface area contributed by atoms with Gasteiger partial charge < -0.3 is 24.4 Å². The summed E-state index contributed by atoms with van der Waals surface area (Å²) in [5.74, 6) is 1.87. The van der Waals surface area contributed by atoms with Gasteiger partial charge in [-0.25, -0.2) is 4.99 Å². The molecule has 2 aliphatic heterocycles. The van der Waals surface area contributed by atoms with E-state index < -0.39 is 0 Å². The van der Waals surface area contributed by atoms with Gasteiger partial charge in [-0.15, -0.1) is 0 Å². The van der Waals surface area contributed by atoms with Crippen LogP contribution in [0.5, 0.6) is 5.75 Å². The van der Waals surface area contributed by atoms with Crippen LogP contribution in [0.25, 0.3) is 0 Å². The van der Waals surface area contributed by atoms with Gasteiger partial charge in [0.1, 0.15) is 12.4 Å². The van der Waals surface area contributed by atoms with E-state index in [1.165, 1.54) is 12.8 Å². The van der Waals surface area contributed by atoms with Gasteiger partial charge in [0.05, 0.1) is 19.8 Å². The van der Waals surface area contributed by atoms with Crippen molar-refractivity contribution in [3.8, 4) is 5.75 Å². The average Bonchev–Trinajstić information content (AvgIpc) is 3.29. The second kappa shape index (κ2) is 9.24. The molecule has 1 spiro atoms. The van der Waals surface area contributed by atoms with Crippen molar-refractivity contribution >= 4 is 5.96 Å². The number of likely N-dealkylation sites (tertiary alicyclic amines) is 1. The Bertz CT molecular complexity index is 600. The molecule has 6 heteroatoms. The highest BCUT2D eigenvalue weighted by atomic mass is 16.5. The Balaban J connectivity index is 1.61. The molecule has 144 valence electrons. The lowest BCUT2D eigenvalue weighted by Gasteiger charge is -2.25. The first-order chi connectivity index (χ1) is 12.7. The van der Waals surface area contributed by atoms with Crippen LogP contribution >= 0.6 is 0 Å². The molecule has 1 aromatic carbocycles. The molecular formula is C20H31N3O3. The number of nitrogens with one attached hydrogen (secondary N) is 1. The molecule has 0 aliphatic carbocycles. The Kier molecular flexibility index (Phi) is 6.74. The predicted octanol–water partition coefficient (Wildman–Crippen LogP) is 2.29. The van der Waals surface area contributed by atoms with Crippen LogP contribution < -0.4 is 10.1 Å². The topological polar surface area (TPSA) is 55.3 Å². The molecule has 0 radical (unpaired) electrons. The zero-order valence-corrected chi connectivity index (χ0v) is 16.0. The third-order valence-electron chi connectivity index (χ3n) is 5.12. The number of hydrogen-bond donors (Lipinski definition) is 1. The molecule has 1 N–H and O–H groups in total. The fourth-order valence-electron chi connectivity index (χ4n) is 3.66. The molecule has 2 fully saturated rings.